The van der Waals surface area contributed by atoms with E-state index < -0.39 is 9.84 Å². The van der Waals surface area contributed by atoms with Crippen molar-refractivity contribution in [2.75, 3.05) is 18.1 Å². The van der Waals surface area contributed by atoms with Crippen LogP contribution in [0.4, 0.5) is 0 Å². The molecule has 0 aliphatic carbocycles. The van der Waals surface area contributed by atoms with Crippen LogP contribution >= 0.6 is 0 Å². The van der Waals surface area contributed by atoms with Crippen molar-refractivity contribution in [3.8, 4) is 0 Å². The third-order valence-electron chi connectivity index (χ3n) is 4.47. The minimum atomic E-state index is -2.90. The molecule has 1 atom stereocenters. The van der Waals surface area contributed by atoms with Crippen molar-refractivity contribution in [1.82, 2.24) is 20.1 Å². The van der Waals surface area contributed by atoms with Crippen LogP contribution in [0.15, 0.2) is 30.6 Å². The molecule has 7 nitrogen and oxygen atoms in total. The molecule has 25 heavy (non-hydrogen) atoms. The lowest BCUT2D eigenvalue weighted by atomic mass is 10.0. The van der Waals surface area contributed by atoms with Crippen molar-refractivity contribution >= 4 is 15.7 Å². The van der Waals surface area contributed by atoms with Gasteiger partial charge in [0.2, 0.25) is 0 Å². The summed E-state index contributed by atoms with van der Waals surface area (Å²) < 4.78 is 23.3. The first kappa shape index (κ1) is 17.6. The quantitative estimate of drug-likeness (QED) is 0.842. The highest BCUT2D eigenvalue weighted by molar-refractivity contribution is 7.91. The Morgan fingerprint density at radius 3 is 2.72 bits per heavy atom. The second-order valence-corrected chi connectivity index (χ2v) is 8.80. The van der Waals surface area contributed by atoms with Gasteiger partial charge in [0.25, 0.3) is 5.91 Å². The number of pyridine rings is 1. The van der Waals surface area contributed by atoms with E-state index in [2.05, 4.69) is 15.2 Å². The fourth-order valence-corrected chi connectivity index (χ4v) is 5.00. The molecule has 1 fully saturated rings. The van der Waals surface area contributed by atoms with Gasteiger partial charge < -0.3 is 4.90 Å². The third-order valence-corrected chi connectivity index (χ3v) is 6.31. The van der Waals surface area contributed by atoms with Gasteiger partial charge in [-0.1, -0.05) is 0 Å². The maximum Gasteiger partial charge on any atom is 0.274 e. The number of nitrogens with one attached hydrogen (secondary N) is 1. The topological polar surface area (TPSA) is 96.0 Å². The number of hydrogen-bond acceptors (Lipinski definition) is 5. The molecule has 1 aliphatic heterocycles. The van der Waals surface area contributed by atoms with Crippen LogP contribution in [-0.4, -0.2) is 52.5 Å². The highest BCUT2D eigenvalue weighted by Crippen LogP contribution is 2.22. The van der Waals surface area contributed by atoms with Gasteiger partial charge in [-0.15, -0.1) is 0 Å². The Morgan fingerprint density at radius 2 is 2.12 bits per heavy atom. The Labute approximate surface area is 147 Å². The minimum Gasteiger partial charge on any atom is -0.333 e. The van der Waals surface area contributed by atoms with Crippen molar-refractivity contribution in [3.05, 3.63) is 47.5 Å². The summed E-state index contributed by atoms with van der Waals surface area (Å²) in [5.41, 5.74) is 2.19. The van der Waals surface area contributed by atoms with E-state index in [9.17, 15) is 13.2 Å². The van der Waals surface area contributed by atoms with Crippen molar-refractivity contribution in [2.24, 2.45) is 5.92 Å². The Balaban J connectivity index is 1.71. The van der Waals surface area contributed by atoms with Crippen LogP contribution in [-0.2, 0) is 16.4 Å². The van der Waals surface area contributed by atoms with Gasteiger partial charge in [0.1, 0.15) is 5.69 Å². The first-order valence-corrected chi connectivity index (χ1v) is 10.2. The Kier molecular flexibility index (Phi) is 5.17. The number of hydrogen-bond donors (Lipinski definition) is 1. The maximum atomic E-state index is 12.8. The molecule has 1 unspecified atom stereocenters. The summed E-state index contributed by atoms with van der Waals surface area (Å²) in [6.45, 7) is 2.81. The zero-order chi connectivity index (χ0) is 17.9. The van der Waals surface area contributed by atoms with Crippen molar-refractivity contribution in [1.29, 1.82) is 0 Å². The van der Waals surface area contributed by atoms with Gasteiger partial charge in [0.15, 0.2) is 9.84 Å². The van der Waals surface area contributed by atoms with Gasteiger partial charge in [0.05, 0.1) is 11.5 Å². The summed E-state index contributed by atoms with van der Waals surface area (Å²) in [6, 6.07) is 5.47. The number of aryl methyl sites for hydroxylation is 1. The minimum absolute atomic E-state index is 0.124. The zero-order valence-corrected chi connectivity index (χ0v) is 15.0. The summed E-state index contributed by atoms with van der Waals surface area (Å²) in [5.74, 6) is 0.459. The third kappa shape index (κ3) is 4.66. The van der Waals surface area contributed by atoms with E-state index in [0.717, 1.165) is 11.3 Å². The summed E-state index contributed by atoms with van der Waals surface area (Å²) in [4.78, 5) is 18.5. The summed E-state index contributed by atoms with van der Waals surface area (Å²) >= 11 is 0. The van der Waals surface area contributed by atoms with E-state index in [1.165, 1.54) is 0 Å². The van der Waals surface area contributed by atoms with E-state index in [0.29, 0.717) is 31.6 Å². The number of carbonyl (C=O) groups excluding carboxylic acids is 1. The number of amides is 1. The van der Waals surface area contributed by atoms with Crippen molar-refractivity contribution < 1.29 is 13.2 Å². The fourth-order valence-electron chi connectivity index (χ4n) is 3.09. The lowest BCUT2D eigenvalue weighted by Crippen LogP contribution is -2.33. The number of carbonyl (C=O) groups is 1. The van der Waals surface area contributed by atoms with Crippen LogP contribution in [0.1, 0.15) is 34.6 Å². The highest BCUT2D eigenvalue weighted by Gasteiger charge is 2.29. The average Bonchev–Trinajstić information content (AvgIpc) is 3.17. The number of aromatic nitrogens is 3. The first-order chi connectivity index (χ1) is 11.9. The van der Waals surface area contributed by atoms with Gasteiger partial charge in [-0.2, -0.15) is 5.10 Å². The molecule has 3 heterocycles. The Hall–Kier alpha value is -2.22. The van der Waals surface area contributed by atoms with Crippen LogP contribution in [0.25, 0.3) is 0 Å². The Bertz CT molecular complexity index is 833. The predicted octanol–water partition coefficient (Wildman–Crippen LogP) is 1.58. The number of sulfone groups is 1. The molecule has 0 radical (unpaired) electrons. The van der Waals surface area contributed by atoms with E-state index in [1.807, 2.05) is 19.1 Å². The van der Waals surface area contributed by atoms with Gasteiger partial charge in [-0.05, 0) is 49.4 Å². The molecule has 0 bridgehead atoms. The SMILES string of the molecule is Cc1cc(C(=O)N(CCC2CCS(=O)(=O)C2)Cc2ccncc2)n[nH]1. The van der Waals surface area contributed by atoms with E-state index in [1.54, 1.807) is 23.4 Å². The molecular weight excluding hydrogens is 340 g/mol. The molecule has 8 heteroatoms. The molecule has 1 aliphatic rings. The average molecular weight is 362 g/mol. The molecule has 1 saturated heterocycles. The zero-order valence-electron chi connectivity index (χ0n) is 14.2. The molecule has 0 aromatic carbocycles. The molecule has 2 aromatic heterocycles. The van der Waals surface area contributed by atoms with Crippen molar-refractivity contribution in [2.45, 2.75) is 26.3 Å². The fraction of sp³-hybridized carbons (Fsp3) is 0.471. The Morgan fingerprint density at radius 1 is 1.36 bits per heavy atom. The van der Waals surface area contributed by atoms with E-state index in [-0.39, 0.29) is 23.3 Å². The molecule has 1 amide bonds. The molecule has 2 aromatic rings. The van der Waals surface area contributed by atoms with E-state index in [4.69, 9.17) is 0 Å². The maximum absolute atomic E-state index is 12.8. The van der Waals surface area contributed by atoms with Gasteiger partial charge in [-0.25, -0.2) is 8.42 Å². The van der Waals surface area contributed by atoms with Gasteiger partial charge in [0, 0.05) is 31.2 Å². The van der Waals surface area contributed by atoms with Gasteiger partial charge >= 0.3 is 0 Å². The molecular formula is C17H22N4O3S. The standard InChI is InChI=1S/C17H22N4O3S/c1-13-10-16(20-19-13)17(22)21(11-14-2-6-18-7-3-14)8-4-15-5-9-25(23,24)12-15/h2-3,6-7,10,15H,4-5,8-9,11-12H2,1H3,(H,19,20). The molecule has 134 valence electrons. The number of rotatable bonds is 6. The monoisotopic (exact) mass is 362 g/mol. The van der Waals surface area contributed by atoms with Crippen molar-refractivity contribution in [3.63, 3.8) is 0 Å². The van der Waals surface area contributed by atoms with E-state index >= 15 is 0 Å². The van der Waals surface area contributed by atoms with Crippen LogP contribution in [0.3, 0.4) is 0 Å². The molecule has 0 saturated carbocycles. The van der Waals surface area contributed by atoms with Gasteiger partial charge in [-0.3, -0.25) is 14.9 Å². The summed E-state index contributed by atoms with van der Waals surface area (Å²) in [6.07, 6.45) is 4.75. The van der Waals surface area contributed by atoms with Crippen LogP contribution in [0.5, 0.6) is 0 Å². The lowest BCUT2D eigenvalue weighted by molar-refractivity contribution is 0.0728. The largest absolute Gasteiger partial charge is 0.333 e. The predicted molar refractivity (Wildman–Crippen MR) is 93.7 cm³/mol. The lowest BCUT2D eigenvalue weighted by Gasteiger charge is -2.23. The summed E-state index contributed by atoms with van der Waals surface area (Å²) in [7, 11) is -2.90. The van der Waals surface area contributed by atoms with Crippen LogP contribution in [0.2, 0.25) is 0 Å². The number of H-pyrrole nitrogens is 1. The molecule has 1 N–H and O–H groups in total. The number of aromatic amines is 1. The highest BCUT2D eigenvalue weighted by atomic mass is 32.2. The number of nitrogens with zero attached hydrogens (tertiary/aromatic N) is 3. The smallest absolute Gasteiger partial charge is 0.274 e. The molecule has 3 rings (SSSR count). The van der Waals surface area contributed by atoms with Crippen LogP contribution < -0.4 is 0 Å². The summed E-state index contributed by atoms with van der Waals surface area (Å²) in [5, 5.41) is 6.85. The molecule has 0 spiro atoms. The second kappa shape index (κ2) is 7.35. The first-order valence-electron chi connectivity index (χ1n) is 8.33. The van der Waals surface area contributed by atoms with Crippen LogP contribution in [0, 0.1) is 12.8 Å². The second-order valence-electron chi connectivity index (χ2n) is 6.58. The normalized spacial score (nSPS) is 19.0.